The largest absolute Gasteiger partial charge is 0.466 e. The number of halogens is 9. The maximum atomic E-state index is 13.9. The molecule has 46 heavy (non-hydrogen) atoms. The number of carbonyl (C=O) groups is 2. The van der Waals surface area contributed by atoms with Gasteiger partial charge in [0.2, 0.25) is 5.91 Å². The maximum absolute atomic E-state index is 13.9. The molecule has 0 bridgehead atoms. The molecule has 14 heteroatoms. The minimum atomic E-state index is -5.05. The molecule has 1 aliphatic heterocycles. The van der Waals surface area contributed by atoms with E-state index in [0.717, 1.165) is 12.1 Å². The highest BCUT2D eigenvalue weighted by molar-refractivity contribution is 5.97. The quantitative estimate of drug-likeness (QED) is 0.226. The summed E-state index contributed by atoms with van der Waals surface area (Å²) in [4.78, 5) is 27.3. The molecule has 0 aromatic heterocycles. The molecule has 1 N–H and O–H groups in total. The van der Waals surface area contributed by atoms with Gasteiger partial charge >= 0.3 is 24.5 Å². The Morgan fingerprint density at radius 3 is 1.93 bits per heavy atom. The number of fused-ring (bicyclic) bond motifs is 1. The summed E-state index contributed by atoms with van der Waals surface area (Å²) in [6, 6.07) is 2.68. The Kier molecular flexibility index (Phi) is 10.7. The molecule has 0 radical (unpaired) electrons. The van der Waals surface area contributed by atoms with E-state index in [-0.39, 0.29) is 60.1 Å². The molecular weight excluding hydrogens is 631 g/mol. The van der Waals surface area contributed by atoms with E-state index in [1.165, 1.54) is 11.0 Å². The molecule has 1 saturated carbocycles. The van der Waals surface area contributed by atoms with Crippen LogP contribution in [-0.2, 0) is 39.4 Å². The Hall–Kier alpha value is -3.29. The summed E-state index contributed by atoms with van der Waals surface area (Å²) in [6.07, 6.45) is -12.0. The predicted octanol–water partition coefficient (Wildman–Crippen LogP) is 8.85. The first kappa shape index (κ1) is 35.6. The molecule has 1 heterocycles. The van der Waals surface area contributed by atoms with Gasteiger partial charge < -0.3 is 15.0 Å². The lowest BCUT2D eigenvalue weighted by atomic mass is 9.79. The standard InChI is InChI=1S/C32H35F9N2O3/c1-3-24-16-26(42-17-19-11-22(31(36,37)38)14-23(12-19)32(39,40)41)25-15-21(30(33,34)35)9-10-27(25)43(24)29(45)20-7-5-18(6-8-20)13-28(44)46-4-2/h9-12,14-15,18,20,24,26,42H,3-8,13,16-17H2,1-2H3/t18?,20?,24-,26?/m1/s1. The second kappa shape index (κ2) is 13.8. The van der Waals surface area contributed by atoms with Crippen molar-refractivity contribution in [3.63, 3.8) is 0 Å². The lowest BCUT2D eigenvalue weighted by molar-refractivity contribution is -0.145. The van der Waals surface area contributed by atoms with Crippen LogP contribution in [0.3, 0.4) is 0 Å². The zero-order valence-corrected chi connectivity index (χ0v) is 25.2. The molecule has 1 fully saturated rings. The van der Waals surface area contributed by atoms with E-state index in [0.29, 0.717) is 44.2 Å². The van der Waals surface area contributed by atoms with Gasteiger partial charge in [-0.2, -0.15) is 39.5 Å². The van der Waals surface area contributed by atoms with Gasteiger partial charge in [-0.1, -0.05) is 6.92 Å². The van der Waals surface area contributed by atoms with E-state index in [2.05, 4.69) is 5.32 Å². The third-order valence-corrected chi connectivity index (χ3v) is 8.73. The summed E-state index contributed by atoms with van der Waals surface area (Å²) < 4.78 is 127. The molecule has 2 aromatic carbocycles. The van der Waals surface area contributed by atoms with Crippen molar-refractivity contribution < 1.29 is 53.8 Å². The normalized spacial score (nSPS) is 22.4. The molecule has 2 aromatic rings. The number of nitrogens with one attached hydrogen (secondary N) is 1. The maximum Gasteiger partial charge on any atom is 0.416 e. The van der Waals surface area contributed by atoms with Crippen LogP contribution in [0.25, 0.3) is 0 Å². The Morgan fingerprint density at radius 1 is 0.826 bits per heavy atom. The summed E-state index contributed by atoms with van der Waals surface area (Å²) >= 11 is 0. The van der Waals surface area contributed by atoms with E-state index in [4.69, 9.17) is 4.74 Å². The number of benzene rings is 2. The van der Waals surface area contributed by atoms with Crippen molar-refractivity contribution in [1.82, 2.24) is 5.32 Å². The summed E-state index contributed by atoms with van der Waals surface area (Å²) in [6.45, 7) is 3.26. The van der Waals surface area contributed by atoms with Crippen LogP contribution >= 0.6 is 0 Å². The van der Waals surface area contributed by atoms with E-state index in [9.17, 15) is 49.1 Å². The Balaban J connectivity index is 1.62. The van der Waals surface area contributed by atoms with Gasteiger partial charge in [0.05, 0.1) is 23.3 Å². The number of ether oxygens (including phenoxy) is 1. The SMILES string of the molecule is CCOC(=O)CC1CCC(C(=O)N2c3ccc(C(F)(F)F)cc3C(NCc3cc(C(F)(F)F)cc(C(F)(F)F)c3)C[C@H]2CC)CC1. The van der Waals surface area contributed by atoms with Crippen molar-refractivity contribution in [2.45, 2.75) is 96.0 Å². The van der Waals surface area contributed by atoms with Gasteiger partial charge in [-0.05, 0) is 98.9 Å². The average molecular weight is 667 g/mol. The first-order chi connectivity index (χ1) is 21.4. The van der Waals surface area contributed by atoms with Crippen LogP contribution in [0.15, 0.2) is 36.4 Å². The molecule has 2 aliphatic rings. The zero-order valence-electron chi connectivity index (χ0n) is 25.2. The third kappa shape index (κ3) is 8.34. The van der Waals surface area contributed by atoms with Crippen LogP contribution < -0.4 is 10.2 Å². The van der Waals surface area contributed by atoms with Crippen LogP contribution in [0.2, 0.25) is 0 Å². The highest BCUT2D eigenvalue weighted by Crippen LogP contribution is 2.44. The van der Waals surface area contributed by atoms with Gasteiger partial charge in [0.1, 0.15) is 0 Å². The van der Waals surface area contributed by atoms with Crippen molar-refractivity contribution >= 4 is 17.6 Å². The van der Waals surface area contributed by atoms with Crippen LogP contribution in [0.4, 0.5) is 45.2 Å². The number of alkyl halides is 9. The van der Waals surface area contributed by atoms with Crippen LogP contribution in [0, 0.1) is 11.8 Å². The summed E-state index contributed by atoms with van der Waals surface area (Å²) in [7, 11) is 0. The number of hydrogen-bond donors (Lipinski definition) is 1. The van der Waals surface area contributed by atoms with E-state index >= 15 is 0 Å². The second-order valence-corrected chi connectivity index (χ2v) is 11.9. The molecule has 1 unspecified atom stereocenters. The Bertz CT molecular complexity index is 1360. The van der Waals surface area contributed by atoms with E-state index < -0.39 is 59.8 Å². The topological polar surface area (TPSA) is 58.6 Å². The number of rotatable bonds is 8. The molecule has 254 valence electrons. The minimum Gasteiger partial charge on any atom is -0.466 e. The second-order valence-electron chi connectivity index (χ2n) is 11.9. The average Bonchev–Trinajstić information content (AvgIpc) is 2.98. The molecule has 2 atom stereocenters. The smallest absolute Gasteiger partial charge is 0.416 e. The number of hydrogen-bond acceptors (Lipinski definition) is 4. The van der Waals surface area contributed by atoms with Gasteiger partial charge in [-0.15, -0.1) is 0 Å². The fraction of sp³-hybridized carbons (Fsp3) is 0.562. The fourth-order valence-corrected chi connectivity index (χ4v) is 6.40. The zero-order chi connectivity index (χ0) is 34.0. The number of carbonyl (C=O) groups excluding carboxylic acids is 2. The van der Waals surface area contributed by atoms with Gasteiger partial charge in [-0.25, -0.2) is 0 Å². The highest BCUT2D eigenvalue weighted by atomic mass is 19.4. The molecule has 1 aliphatic carbocycles. The number of nitrogens with zero attached hydrogens (tertiary/aromatic N) is 1. The lowest BCUT2D eigenvalue weighted by Gasteiger charge is -2.43. The van der Waals surface area contributed by atoms with Crippen LogP contribution in [0.1, 0.15) is 92.7 Å². The number of esters is 1. The highest BCUT2D eigenvalue weighted by Gasteiger charge is 2.41. The van der Waals surface area contributed by atoms with Crippen LogP contribution in [0.5, 0.6) is 0 Å². The van der Waals surface area contributed by atoms with Crippen molar-refractivity contribution in [3.8, 4) is 0 Å². The summed E-state index contributed by atoms with van der Waals surface area (Å²) in [5, 5.41) is 2.88. The molecular formula is C32H35F9N2O3. The van der Waals surface area contributed by atoms with Crippen molar-refractivity contribution in [2.24, 2.45) is 11.8 Å². The van der Waals surface area contributed by atoms with E-state index in [1.54, 1.807) is 13.8 Å². The lowest BCUT2D eigenvalue weighted by Crippen LogP contribution is -2.49. The van der Waals surface area contributed by atoms with Crippen molar-refractivity contribution in [1.29, 1.82) is 0 Å². The first-order valence-electron chi connectivity index (χ1n) is 15.1. The van der Waals surface area contributed by atoms with Crippen molar-refractivity contribution in [2.75, 3.05) is 11.5 Å². The van der Waals surface area contributed by atoms with Gasteiger partial charge in [0.15, 0.2) is 0 Å². The first-order valence-corrected chi connectivity index (χ1v) is 15.1. The van der Waals surface area contributed by atoms with E-state index in [1.807, 2.05) is 0 Å². The summed E-state index contributed by atoms with van der Waals surface area (Å²) in [5.74, 6) is -0.964. The molecule has 0 spiro atoms. The molecule has 5 nitrogen and oxygen atoms in total. The van der Waals surface area contributed by atoms with Gasteiger partial charge in [-0.3, -0.25) is 9.59 Å². The predicted molar refractivity (Wildman–Crippen MR) is 150 cm³/mol. The summed E-state index contributed by atoms with van der Waals surface area (Å²) in [5.41, 5.74) is -4.06. The van der Waals surface area contributed by atoms with Gasteiger partial charge in [0, 0.05) is 36.7 Å². The monoisotopic (exact) mass is 666 g/mol. The van der Waals surface area contributed by atoms with Crippen LogP contribution in [-0.4, -0.2) is 24.5 Å². The van der Waals surface area contributed by atoms with Gasteiger partial charge in [0.25, 0.3) is 0 Å². The minimum absolute atomic E-state index is 0.00986. The Labute approximate surface area is 260 Å². The molecule has 1 amide bonds. The van der Waals surface area contributed by atoms with Crippen molar-refractivity contribution in [3.05, 3.63) is 64.2 Å². The molecule has 0 saturated heterocycles. The number of anilines is 1. The fourth-order valence-electron chi connectivity index (χ4n) is 6.40. The number of amides is 1. The Morgan fingerprint density at radius 2 is 1.41 bits per heavy atom. The third-order valence-electron chi connectivity index (χ3n) is 8.73. The molecule has 4 rings (SSSR count).